The van der Waals surface area contributed by atoms with Crippen molar-refractivity contribution in [3.63, 3.8) is 0 Å². The SMILES string of the molecule is C=C[C@H]1[C@H](C2CC(C)(C)[C@@H](O)[C@H](C)O2)[C@@H](C)C(=O)O[C@H](CC)[C@@](C)(O)[C@H](O)[C@@H](C)C(=O)[C@H](C)C[C@@](C=C)(OC)[C@@H]1O[C@H]1C[C@@H](N(C)CCC(=O)N[C@H](CF)[C@H](OC)c2ccc(C3=NO[C@H](CO)C3)cc2)C[C@@H](C)O1. The Hall–Kier alpha value is -3.69. The third kappa shape index (κ3) is 13.7. The fourth-order valence-electron chi connectivity index (χ4n) is 12.0. The third-order valence-corrected chi connectivity index (χ3v) is 16.6. The van der Waals surface area contributed by atoms with Crippen molar-refractivity contribution < 1.29 is 72.5 Å². The lowest BCUT2D eigenvalue weighted by atomic mass is 9.65. The van der Waals surface area contributed by atoms with Crippen LogP contribution in [0.25, 0.3) is 0 Å². The zero-order valence-electron chi connectivity index (χ0n) is 45.9. The van der Waals surface area contributed by atoms with Gasteiger partial charge in [0.1, 0.15) is 35.9 Å². The lowest BCUT2D eigenvalue weighted by molar-refractivity contribution is -0.268. The number of methoxy groups -OCH3 is 2. The number of aliphatic hydroxyl groups is 4. The standard InChI is InChI=1S/C56H88FN3O14/c1-15-40-47(43-28-54(9,10)51(65)35(8)71-43)33(6)53(66)72-44(16-2)55(11,67)50(64)34(7)48(63)31(4)27-56(17-3,69-14)52(40)73-46-25-38(24-32(5)70-46)60(12)23-22-45(62)58-42(29-57)49(68-13)37-20-18-36(19-21-37)41-26-39(30-61)74-59-41/h15,17-21,31-35,38-40,42-44,46-47,49-52,61,64-65,67H,1,3,16,22-30H2,2,4-14H3,(H,58,62)/t31-,32-,33-,34+,35+,38+,39+,40+,42-,43?,44-,46+,47-,49-,50-,51+,52-,55-,56-/m1/s1. The molecule has 4 aliphatic rings. The van der Waals surface area contributed by atoms with Gasteiger partial charge >= 0.3 is 5.97 Å². The smallest absolute Gasteiger partial charge is 0.309 e. The van der Waals surface area contributed by atoms with E-state index in [1.165, 1.54) is 21.1 Å². The first-order chi connectivity index (χ1) is 34.9. The first-order valence-electron chi connectivity index (χ1n) is 26.5. The minimum Gasteiger partial charge on any atom is -0.459 e. The Bertz CT molecular complexity index is 2070. The number of benzene rings is 1. The summed E-state index contributed by atoms with van der Waals surface area (Å²) in [5.41, 5.74) is -1.97. The van der Waals surface area contributed by atoms with E-state index in [4.69, 9.17) is 33.3 Å². The molecule has 3 saturated heterocycles. The summed E-state index contributed by atoms with van der Waals surface area (Å²) in [4.78, 5) is 50.0. The fourth-order valence-corrected chi connectivity index (χ4v) is 12.0. The van der Waals surface area contributed by atoms with E-state index in [-0.39, 0.29) is 49.7 Å². The molecule has 5 N–H and O–H groups in total. The lowest BCUT2D eigenvalue weighted by Gasteiger charge is -2.52. The Morgan fingerprint density at radius 2 is 1.69 bits per heavy atom. The summed E-state index contributed by atoms with van der Waals surface area (Å²) < 4.78 is 53.6. The van der Waals surface area contributed by atoms with Gasteiger partial charge in [-0.3, -0.25) is 14.4 Å². The van der Waals surface area contributed by atoms with Crippen molar-refractivity contribution in [3.8, 4) is 0 Å². The molecule has 4 aliphatic heterocycles. The van der Waals surface area contributed by atoms with Gasteiger partial charge < -0.3 is 63.9 Å². The Morgan fingerprint density at radius 1 is 1.01 bits per heavy atom. The van der Waals surface area contributed by atoms with Gasteiger partial charge in [-0.15, -0.1) is 13.2 Å². The second-order valence-electron chi connectivity index (χ2n) is 22.4. The number of oxime groups is 1. The number of carbonyl (C=O) groups excluding carboxylic acids is 3. The first-order valence-corrected chi connectivity index (χ1v) is 26.5. The van der Waals surface area contributed by atoms with E-state index >= 15 is 0 Å². The Labute approximate surface area is 438 Å². The van der Waals surface area contributed by atoms with E-state index in [2.05, 4.69) is 28.5 Å². The van der Waals surface area contributed by atoms with Crippen molar-refractivity contribution >= 4 is 23.4 Å². The van der Waals surface area contributed by atoms with E-state index in [1.807, 2.05) is 40.0 Å². The van der Waals surface area contributed by atoms with Crippen molar-refractivity contribution in [2.24, 2.45) is 40.2 Å². The number of nitrogens with one attached hydrogen (secondary N) is 1. The highest BCUT2D eigenvalue weighted by atomic mass is 19.1. The molecule has 0 aromatic heterocycles. The first kappa shape index (κ1) is 61.2. The van der Waals surface area contributed by atoms with Gasteiger partial charge in [0.15, 0.2) is 12.4 Å². The van der Waals surface area contributed by atoms with Crippen LogP contribution in [0, 0.1) is 35.0 Å². The molecule has 5 rings (SSSR count). The van der Waals surface area contributed by atoms with Crippen molar-refractivity contribution in [1.29, 1.82) is 0 Å². The van der Waals surface area contributed by atoms with Crippen LogP contribution in [0.2, 0.25) is 0 Å². The quantitative estimate of drug-likeness (QED) is 0.0868. The fraction of sp³-hybridized carbons (Fsp3) is 0.750. The molecule has 18 heteroatoms. The molecule has 0 saturated carbocycles. The highest BCUT2D eigenvalue weighted by Crippen LogP contribution is 2.48. The molecule has 4 heterocycles. The summed E-state index contributed by atoms with van der Waals surface area (Å²) in [5.74, 6) is -5.77. The minimum atomic E-state index is -2.00. The number of amides is 1. The van der Waals surface area contributed by atoms with Crippen LogP contribution in [-0.2, 0) is 47.6 Å². The molecule has 1 unspecified atom stereocenters. The average Bonchev–Trinajstić information content (AvgIpc) is 3.87. The van der Waals surface area contributed by atoms with Crippen molar-refractivity contribution in [2.75, 3.05) is 41.1 Å². The predicted molar refractivity (Wildman–Crippen MR) is 276 cm³/mol. The molecule has 3 fully saturated rings. The highest BCUT2D eigenvalue weighted by Gasteiger charge is 2.56. The van der Waals surface area contributed by atoms with Gasteiger partial charge in [0.2, 0.25) is 5.91 Å². The van der Waals surface area contributed by atoms with Gasteiger partial charge in [0.25, 0.3) is 0 Å². The number of halogens is 1. The summed E-state index contributed by atoms with van der Waals surface area (Å²) in [7, 11) is 4.87. The van der Waals surface area contributed by atoms with E-state index in [0.717, 1.165) is 5.56 Å². The van der Waals surface area contributed by atoms with Gasteiger partial charge in [-0.2, -0.15) is 0 Å². The number of ether oxygens (including phenoxy) is 6. The Balaban J connectivity index is 1.43. The molecule has 0 radical (unpaired) electrons. The van der Waals surface area contributed by atoms with Crippen LogP contribution in [0.15, 0.2) is 54.7 Å². The largest absolute Gasteiger partial charge is 0.459 e. The lowest BCUT2D eigenvalue weighted by Crippen LogP contribution is -2.60. The van der Waals surface area contributed by atoms with Crippen LogP contribution < -0.4 is 5.32 Å². The number of hydrogen-bond acceptors (Lipinski definition) is 16. The molecule has 17 nitrogen and oxygen atoms in total. The van der Waals surface area contributed by atoms with Gasteiger partial charge in [-0.25, -0.2) is 4.39 Å². The van der Waals surface area contributed by atoms with Gasteiger partial charge in [-0.05, 0) is 70.0 Å². The third-order valence-electron chi connectivity index (χ3n) is 16.6. The number of aliphatic hydroxyl groups excluding tert-OH is 3. The number of hydrogen-bond donors (Lipinski definition) is 5. The number of alkyl halides is 1. The number of rotatable bonds is 18. The zero-order valence-corrected chi connectivity index (χ0v) is 45.9. The van der Waals surface area contributed by atoms with Crippen LogP contribution in [0.3, 0.4) is 0 Å². The number of esters is 1. The van der Waals surface area contributed by atoms with Gasteiger partial charge in [0, 0.05) is 69.7 Å². The van der Waals surface area contributed by atoms with Gasteiger partial charge in [0.05, 0.1) is 60.9 Å². The van der Waals surface area contributed by atoms with E-state index in [1.54, 1.807) is 58.9 Å². The van der Waals surface area contributed by atoms with Crippen molar-refractivity contribution in [3.05, 3.63) is 60.7 Å². The van der Waals surface area contributed by atoms with E-state index < -0.39 is 120 Å². The van der Waals surface area contributed by atoms with Crippen LogP contribution in [-0.4, -0.2) is 168 Å². The molecular formula is C56H88FN3O14. The zero-order chi connectivity index (χ0) is 55.0. The average molecular weight is 1050 g/mol. The normalized spacial score (nSPS) is 38.2. The number of Topliss-reactive ketones (excluding diaryl/α,β-unsaturated/α-hetero) is 1. The van der Waals surface area contributed by atoms with Crippen LogP contribution in [0.1, 0.15) is 124 Å². The second kappa shape index (κ2) is 26.1. The summed E-state index contributed by atoms with van der Waals surface area (Å²) in [5, 5.41) is 51.2. The molecule has 19 atom stereocenters. The van der Waals surface area contributed by atoms with Crippen LogP contribution >= 0.6 is 0 Å². The molecule has 1 aromatic carbocycles. The molecule has 1 aromatic rings. The molecule has 74 heavy (non-hydrogen) atoms. The number of nitrogens with zero attached hydrogens (tertiary/aromatic N) is 2. The van der Waals surface area contributed by atoms with Crippen molar-refractivity contribution in [2.45, 2.75) is 192 Å². The summed E-state index contributed by atoms with van der Waals surface area (Å²) in [6.45, 7) is 23.6. The van der Waals surface area contributed by atoms with E-state index in [0.29, 0.717) is 43.5 Å². The second-order valence-corrected chi connectivity index (χ2v) is 22.4. The maximum absolute atomic E-state index is 14.7. The van der Waals surface area contributed by atoms with E-state index in [9.17, 15) is 39.2 Å². The Kier molecular flexibility index (Phi) is 21.6. The monoisotopic (exact) mass is 1050 g/mol. The molecule has 0 spiro atoms. The summed E-state index contributed by atoms with van der Waals surface area (Å²) >= 11 is 0. The molecular weight excluding hydrogens is 958 g/mol. The summed E-state index contributed by atoms with van der Waals surface area (Å²) in [6, 6.07) is 6.10. The molecule has 0 aliphatic carbocycles. The maximum atomic E-state index is 14.7. The van der Waals surface area contributed by atoms with Crippen LogP contribution in [0.5, 0.6) is 0 Å². The number of ketones is 1. The number of carbonyl (C=O) groups is 3. The topological polar surface area (TPSA) is 224 Å². The number of cyclic esters (lactones) is 1. The predicted octanol–water partition coefficient (Wildman–Crippen LogP) is 5.78. The van der Waals surface area contributed by atoms with Crippen LogP contribution in [0.4, 0.5) is 4.39 Å². The Morgan fingerprint density at radius 3 is 2.24 bits per heavy atom. The molecule has 418 valence electrons. The maximum Gasteiger partial charge on any atom is 0.309 e. The molecule has 0 bridgehead atoms. The minimum absolute atomic E-state index is 0.0156. The highest BCUT2D eigenvalue weighted by molar-refractivity contribution is 6.01. The molecule has 1 amide bonds. The van der Waals surface area contributed by atoms with Crippen molar-refractivity contribution in [1.82, 2.24) is 10.2 Å². The summed E-state index contributed by atoms with van der Waals surface area (Å²) in [6.07, 6.45) is -3.15. The van der Waals surface area contributed by atoms with Gasteiger partial charge in [-0.1, -0.05) is 83.1 Å².